The second-order valence-electron chi connectivity index (χ2n) is 4.30. The van der Waals surface area contributed by atoms with Crippen molar-refractivity contribution in [2.24, 2.45) is 0 Å². The van der Waals surface area contributed by atoms with Gasteiger partial charge in [0.2, 0.25) is 0 Å². The van der Waals surface area contributed by atoms with Crippen molar-refractivity contribution in [2.75, 3.05) is 32.6 Å². The molecule has 15 heavy (non-hydrogen) atoms. The molecule has 0 aliphatic carbocycles. The maximum absolute atomic E-state index is 12.3. The Morgan fingerprint density at radius 1 is 1.27 bits per heavy atom. The summed E-state index contributed by atoms with van der Waals surface area (Å²) in [6.45, 7) is 2.42. The maximum Gasteiger partial charge on any atom is 0.492 e. The van der Waals surface area contributed by atoms with Crippen LogP contribution in [0.4, 0.5) is 12.9 Å². The number of likely N-dealkylation sites (N-methyl/N-ethyl adjacent to an activating group) is 1. The van der Waals surface area contributed by atoms with Gasteiger partial charge in [-0.25, -0.2) is 0 Å². The Kier molecular flexibility index (Phi) is 4.46. The van der Waals surface area contributed by atoms with E-state index < -0.39 is 13.4 Å². The standard InChI is InChI=1S/C9H19BF3N2/c1-3-14-5-4-6-15(9(2)7-14)8-10(11,12)13/h9H,3-8H2,1-2H3/q-1. The molecule has 1 aliphatic rings. The van der Waals surface area contributed by atoms with Gasteiger partial charge < -0.3 is 22.7 Å². The average Bonchev–Trinajstić information content (AvgIpc) is 2.27. The molecule has 0 N–H and O–H groups in total. The summed E-state index contributed by atoms with van der Waals surface area (Å²) in [6, 6.07) is 0.0101. The zero-order chi connectivity index (χ0) is 11.5. The van der Waals surface area contributed by atoms with Gasteiger partial charge in [-0.15, -0.1) is 0 Å². The quantitative estimate of drug-likeness (QED) is 0.673. The Labute approximate surface area is 89.5 Å². The van der Waals surface area contributed by atoms with Gasteiger partial charge in [0, 0.05) is 12.6 Å². The van der Waals surface area contributed by atoms with Crippen molar-refractivity contribution in [3.8, 4) is 0 Å². The minimum absolute atomic E-state index is 0.0101. The monoisotopic (exact) mass is 223 g/mol. The molecule has 0 aromatic carbocycles. The molecule has 0 saturated carbocycles. The first kappa shape index (κ1) is 12.8. The van der Waals surface area contributed by atoms with Crippen molar-refractivity contribution in [1.29, 1.82) is 0 Å². The fourth-order valence-corrected chi connectivity index (χ4v) is 2.12. The number of hydrogen-bond donors (Lipinski definition) is 0. The third kappa shape index (κ3) is 4.43. The van der Waals surface area contributed by atoms with Gasteiger partial charge in [-0.1, -0.05) is 6.92 Å². The highest BCUT2D eigenvalue weighted by Gasteiger charge is 2.30. The van der Waals surface area contributed by atoms with Crippen molar-refractivity contribution in [3.05, 3.63) is 0 Å². The molecule has 0 amide bonds. The van der Waals surface area contributed by atoms with Gasteiger partial charge in [0.05, 0.1) is 0 Å². The van der Waals surface area contributed by atoms with Crippen LogP contribution in [-0.4, -0.2) is 55.4 Å². The van der Waals surface area contributed by atoms with E-state index in [0.29, 0.717) is 6.54 Å². The van der Waals surface area contributed by atoms with Gasteiger partial charge in [0.25, 0.3) is 0 Å². The summed E-state index contributed by atoms with van der Waals surface area (Å²) in [5.41, 5.74) is 0. The van der Waals surface area contributed by atoms with Crippen molar-refractivity contribution >= 4 is 6.98 Å². The normalized spacial score (nSPS) is 26.6. The second kappa shape index (κ2) is 5.21. The molecule has 0 aromatic rings. The Bertz CT molecular complexity index is 198. The van der Waals surface area contributed by atoms with Crippen LogP contribution in [0.3, 0.4) is 0 Å². The molecule has 6 heteroatoms. The average molecular weight is 223 g/mol. The Morgan fingerprint density at radius 2 is 1.93 bits per heavy atom. The van der Waals surface area contributed by atoms with Crippen LogP contribution in [-0.2, 0) is 0 Å². The van der Waals surface area contributed by atoms with Crippen molar-refractivity contribution in [3.63, 3.8) is 0 Å². The summed E-state index contributed by atoms with van der Waals surface area (Å²) in [7, 11) is 0. The molecule has 1 heterocycles. The van der Waals surface area contributed by atoms with Crippen LogP contribution >= 0.6 is 0 Å². The Balaban J connectivity index is 2.51. The number of halogens is 3. The third-order valence-electron chi connectivity index (χ3n) is 2.95. The van der Waals surface area contributed by atoms with E-state index in [-0.39, 0.29) is 6.04 Å². The SMILES string of the molecule is CCN1CCCN(C[B-](F)(F)F)C(C)C1. The molecule has 0 radical (unpaired) electrons. The van der Waals surface area contributed by atoms with E-state index in [1.807, 2.05) is 6.92 Å². The molecular formula is C9H19BF3N2-. The van der Waals surface area contributed by atoms with Gasteiger partial charge in [0.1, 0.15) is 0 Å². The first-order valence-corrected chi connectivity index (χ1v) is 5.59. The zero-order valence-corrected chi connectivity index (χ0v) is 9.43. The van der Waals surface area contributed by atoms with E-state index in [9.17, 15) is 12.9 Å². The highest BCUT2D eigenvalue weighted by molar-refractivity contribution is 6.58. The van der Waals surface area contributed by atoms with Crippen molar-refractivity contribution < 1.29 is 12.9 Å². The highest BCUT2D eigenvalue weighted by Crippen LogP contribution is 2.16. The first-order valence-electron chi connectivity index (χ1n) is 5.59. The van der Waals surface area contributed by atoms with E-state index in [2.05, 4.69) is 11.8 Å². The van der Waals surface area contributed by atoms with Crippen LogP contribution in [0, 0.1) is 0 Å². The topological polar surface area (TPSA) is 6.48 Å². The minimum Gasteiger partial charge on any atom is -0.448 e. The van der Waals surface area contributed by atoms with Gasteiger partial charge >= 0.3 is 6.98 Å². The van der Waals surface area contributed by atoms with Crippen molar-refractivity contribution in [1.82, 2.24) is 9.80 Å². The van der Waals surface area contributed by atoms with Crippen LogP contribution in [0.1, 0.15) is 20.3 Å². The Hall–Kier alpha value is -0.225. The van der Waals surface area contributed by atoms with Gasteiger partial charge in [0.15, 0.2) is 0 Å². The molecule has 1 saturated heterocycles. The van der Waals surface area contributed by atoms with E-state index >= 15 is 0 Å². The molecule has 1 fully saturated rings. The van der Waals surface area contributed by atoms with Crippen LogP contribution in [0.5, 0.6) is 0 Å². The lowest BCUT2D eigenvalue weighted by Crippen LogP contribution is -2.45. The summed E-state index contributed by atoms with van der Waals surface area (Å²) in [5, 5.41) is 0. The summed E-state index contributed by atoms with van der Waals surface area (Å²) >= 11 is 0. The van der Waals surface area contributed by atoms with E-state index in [1.165, 1.54) is 0 Å². The lowest BCUT2D eigenvalue weighted by Gasteiger charge is -2.32. The van der Waals surface area contributed by atoms with E-state index in [1.54, 1.807) is 4.90 Å². The molecular weight excluding hydrogens is 204 g/mol. The van der Waals surface area contributed by atoms with Gasteiger partial charge in [-0.05, 0) is 39.4 Å². The minimum atomic E-state index is -4.69. The maximum atomic E-state index is 12.3. The van der Waals surface area contributed by atoms with Crippen molar-refractivity contribution in [2.45, 2.75) is 26.3 Å². The van der Waals surface area contributed by atoms with Crippen LogP contribution < -0.4 is 0 Å². The molecule has 1 rings (SSSR count). The number of nitrogens with zero attached hydrogens (tertiary/aromatic N) is 2. The molecule has 1 aliphatic heterocycles. The summed E-state index contributed by atoms with van der Waals surface area (Å²) < 4.78 is 37.0. The molecule has 2 nitrogen and oxygen atoms in total. The third-order valence-corrected chi connectivity index (χ3v) is 2.95. The number of rotatable bonds is 3. The molecule has 1 unspecified atom stereocenters. The van der Waals surface area contributed by atoms with Gasteiger partial charge in [-0.3, -0.25) is 0 Å². The first-order chi connectivity index (χ1) is 6.92. The fraction of sp³-hybridized carbons (Fsp3) is 1.00. The lowest BCUT2D eigenvalue weighted by molar-refractivity contribution is 0.201. The van der Waals surface area contributed by atoms with E-state index in [0.717, 1.165) is 26.1 Å². The fourth-order valence-electron chi connectivity index (χ4n) is 2.12. The lowest BCUT2D eigenvalue weighted by atomic mass is 9.90. The number of hydrogen-bond acceptors (Lipinski definition) is 2. The largest absolute Gasteiger partial charge is 0.492 e. The molecule has 0 aromatic heterocycles. The molecule has 0 bridgehead atoms. The summed E-state index contributed by atoms with van der Waals surface area (Å²) in [6.07, 6.45) is 0.128. The predicted octanol–water partition coefficient (Wildman–Crippen LogP) is 1.79. The van der Waals surface area contributed by atoms with Crippen LogP contribution in [0.15, 0.2) is 0 Å². The molecule has 1 atom stereocenters. The second-order valence-corrected chi connectivity index (χ2v) is 4.30. The summed E-state index contributed by atoms with van der Waals surface area (Å²) in [4.78, 5) is 3.78. The Morgan fingerprint density at radius 3 is 2.47 bits per heavy atom. The van der Waals surface area contributed by atoms with Crippen LogP contribution in [0.25, 0.3) is 0 Å². The zero-order valence-electron chi connectivity index (χ0n) is 9.43. The highest BCUT2D eigenvalue weighted by atomic mass is 19.4. The summed E-state index contributed by atoms with van der Waals surface area (Å²) in [5.74, 6) is 0. The van der Waals surface area contributed by atoms with Crippen LogP contribution in [0.2, 0.25) is 0 Å². The predicted molar refractivity (Wildman–Crippen MR) is 56.8 cm³/mol. The van der Waals surface area contributed by atoms with Gasteiger partial charge in [-0.2, -0.15) is 0 Å². The smallest absolute Gasteiger partial charge is 0.448 e. The van der Waals surface area contributed by atoms with E-state index in [4.69, 9.17) is 0 Å². The molecule has 90 valence electrons. The molecule has 0 spiro atoms.